The average Bonchev–Trinajstić information content (AvgIpc) is 3.17. The zero-order valence-electron chi connectivity index (χ0n) is 15.2. The Morgan fingerprint density at radius 3 is 2.54 bits per heavy atom. The normalized spacial score (nSPS) is 10.6. The number of amides is 1. The lowest BCUT2D eigenvalue weighted by atomic mass is 10.3. The Labute approximate surface area is 161 Å². The van der Waals surface area contributed by atoms with Crippen molar-refractivity contribution in [3.05, 3.63) is 73.2 Å². The molecular weight excluding hydrogens is 356 g/mol. The molecule has 7 nitrogen and oxygen atoms in total. The van der Waals surface area contributed by atoms with Crippen molar-refractivity contribution in [1.82, 2.24) is 14.5 Å². The van der Waals surface area contributed by atoms with Gasteiger partial charge in [0.15, 0.2) is 6.61 Å². The topological polar surface area (TPSA) is 78.3 Å². The van der Waals surface area contributed by atoms with Crippen molar-refractivity contribution < 1.29 is 14.3 Å². The number of imidazole rings is 1. The van der Waals surface area contributed by atoms with E-state index >= 15 is 0 Å². The Kier molecular flexibility index (Phi) is 4.88. The molecule has 4 aromatic rings. The molecule has 2 aromatic heterocycles. The summed E-state index contributed by atoms with van der Waals surface area (Å²) in [6.45, 7) is -0.0970. The summed E-state index contributed by atoms with van der Waals surface area (Å²) in [5, 5.41) is 2.77. The number of hydrogen-bond donors (Lipinski definition) is 1. The predicted molar refractivity (Wildman–Crippen MR) is 106 cm³/mol. The maximum absolute atomic E-state index is 12.1. The van der Waals surface area contributed by atoms with Gasteiger partial charge in [-0.3, -0.25) is 9.36 Å². The van der Waals surface area contributed by atoms with Gasteiger partial charge in [-0.1, -0.05) is 12.1 Å². The largest absolute Gasteiger partial charge is 0.497 e. The molecule has 7 heteroatoms. The quantitative estimate of drug-likeness (QED) is 0.559. The summed E-state index contributed by atoms with van der Waals surface area (Å²) in [5.74, 6) is 1.78. The van der Waals surface area contributed by atoms with Crippen LogP contribution < -0.4 is 14.8 Å². The highest BCUT2D eigenvalue weighted by molar-refractivity contribution is 5.91. The van der Waals surface area contributed by atoms with Gasteiger partial charge in [0.2, 0.25) is 0 Å². The molecule has 0 unspecified atom stereocenters. The van der Waals surface area contributed by atoms with E-state index in [0.717, 1.165) is 22.6 Å². The van der Waals surface area contributed by atoms with E-state index in [1.807, 2.05) is 34.9 Å². The van der Waals surface area contributed by atoms with Crippen molar-refractivity contribution in [2.75, 3.05) is 19.0 Å². The van der Waals surface area contributed by atoms with E-state index in [4.69, 9.17) is 9.47 Å². The van der Waals surface area contributed by atoms with Gasteiger partial charge in [0.05, 0.1) is 30.0 Å². The molecule has 0 bridgehead atoms. The lowest BCUT2D eigenvalue weighted by Gasteiger charge is -2.09. The van der Waals surface area contributed by atoms with Crippen molar-refractivity contribution in [3.63, 3.8) is 0 Å². The number of hydrogen-bond acceptors (Lipinski definition) is 5. The highest BCUT2D eigenvalue weighted by atomic mass is 16.5. The number of carbonyl (C=O) groups excluding carboxylic acids is 1. The molecule has 0 aliphatic rings. The molecule has 0 aliphatic heterocycles. The summed E-state index contributed by atoms with van der Waals surface area (Å²) in [4.78, 5) is 20.9. The summed E-state index contributed by atoms with van der Waals surface area (Å²) in [7, 11) is 1.60. The fraction of sp³-hybridized carbons (Fsp3) is 0.0952. The van der Waals surface area contributed by atoms with Crippen LogP contribution in [0, 0.1) is 0 Å². The molecule has 0 spiro atoms. The third kappa shape index (κ3) is 3.78. The number of ether oxygens (including phenoxy) is 2. The minimum atomic E-state index is -0.265. The summed E-state index contributed by atoms with van der Waals surface area (Å²) in [6.07, 6.45) is 3.34. The monoisotopic (exact) mass is 374 g/mol. The van der Waals surface area contributed by atoms with Gasteiger partial charge in [-0.05, 0) is 48.5 Å². The van der Waals surface area contributed by atoms with Gasteiger partial charge in [0.1, 0.15) is 23.6 Å². The maximum Gasteiger partial charge on any atom is 0.262 e. The van der Waals surface area contributed by atoms with Crippen LogP contribution in [0.25, 0.3) is 16.9 Å². The minimum Gasteiger partial charge on any atom is -0.497 e. The van der Waals surface area contributed by atoms with Gasteiger partial charge in [-0.25, -0.2) is 9.97 Å². The number of carbonyl (C=O) groups is 1. The molecule has 4 rings (SSSR count). The van der Waals surface area contributed by atoms with E-state index in [9.17, 15) is 4.79 Å². The number of nitrogens with zero attached hydrogens (tertiary/aromatic N) is 3. The molecule has 1 N–H and O–H groups in total. The Morgan fingerprint density at radius 1 is 1.00 bits per heavy atom. The average molecular weight is 374 g/mol. The zero-order chi connectivity index (χ0) is 19.3. The van der Waals surface area contributed by atoms with Gasteiger partial charge in [-0.2, -0.15) is 0 Å². The third-order valence-electron chi connectivity index (χ3n) is 4.16. The molecule has 0 saturated heterocycles. The Balaban J connectivity index is 1.38. The molecule has 2 heterocycles. The first-order valence-corrected chi connectivity index (χ1v) is 8.68. The minimum absolute atomic E-state index is 0.0970. The van der Waals surface area contributed by atoms with Crippen LogP contribution in [-0.2, 0) is 4.79 Å². The molecule has 0 saturated carbocycles. The van der Waals surface area contributed by atoms with Crippen molar-refractivity contribution in [2.24, 2.45) is 0 Å². The molecular formula is C21H18N4O3. The van der Waals surface area contributed by atoms with Crippen LogP contribution in [0.2, 0.25) is 0 Å². The number of benzene rings is 2. The van der Waals surface area contributed by atoms with E-state index in [0.29, 0.717) is 11.4 Å². The number of anilines is 1. The van der Waals surface area contributed by atoms with Crippen LogP contribution >= 0.6 is 0 Å². The Bertz CT molecular complexity index is 1090. The van der Waals surface area contributed by atoms with Crippen LogP contribution in [0.15, 0.2) is 73.2 Å². The summed E-state index contributed by atoms with van der Waals surface area (Å²) >= 11 is 0. The molecule has 0 atom stereocenters. The van der Waals surface area contributed by atoms with Crippen LogP contribution in [0.4, 0.5) is 5.69 Å². The molecule has 1 amide bonds. The Morgan fingerprint density at radius 2 is 1.79 bits per heavy atom. The smallest absolute Gasteiger partial charge is 0.262 e. The first-order valence-electron chi connectivity index (χ1n) is 8.68. The second-order valence-electron chi connectivity index (χ2n) is 6.02. The number of aromatic nitrogens is 3. The number of methoxy groups -OCH3 is 1. The second-order valence-corrected chi connectivity index (χ2v) is 6.02. The van der Waals surface area contributed by atoms with Crippen LogP contribution in [-0.4, -0.2) is 34.2 Å². The number of para-hydroxylation sites is 2. The second kappa shape index (κ2) is 7.79. The third-order valence-corrected chi connectivity index (χ3v) is 4.16. The Hall–Kier alpha value is -3.87. The SMILES string of the molecule is COc1ccc(OCC(=O)Nc2ccc(-n3cnc4ccccc43)nc2)cc1. The first kappa shape index (κ1) is 17.5. The molecule has 2 aromatic carbocycles. The van der Waals surface area contributed by atoms with E-state index in [2.05, 4.69) is 15.3 Å². The highest BCUT2D eigenvalue weighted by Crippen LogP contribution is 2.18. The summed E-state index contributed by atoms with van der Waals surface area (Å²) < 4.78 is 12.5. The first-order chi connectivity index (χ1) is 13.7. The summed E-state index contributed by atoms with van der Waals surface area (Å²) in [6, 6.07) is 18.5. The number of pyridine rings is 1. The predicted octanol–water partition coefficient (Wildman–Crippen LogP) is 3.45. The number of rotatable bonds is 6. The summed E-state index contributed by atoms with van der Waals surface area (Å²) in [5.41, 5.74) is 2.47. The van der Waals surface area contributed by atoms with Crippen molar-refractivity contribution >= 4 is 22.6 Å². The lowest BCUT2D eigenvalue weighted by molar-refractivity contribution is -0.118. The number of nitrogens with one attached hydrogen (secondary N) is 1. The van der Waals surface area contributed by atoms with Gasteiger partial charge in [-0.15, -0.1) is 0 Å². The standard InChI is InChI=1S/C21H18N4O3/c1-27-16-7-9-17(10-8-16)28-13-21(26)24-15-6-11-20(22-12-15)25-14-23-18-4-2-3-5-19(18)25/h2-12,14H,13H2,1H3,(H,24,26). The molecule has 140 valence electrons. The van der Waals surface area contributed by atoms with Gasteiger partial charge >= 0.3 is 0 Å². The van der Waals surface area contributed by atoms with Crippen LogP contribution in [0.1, 0.15) is 0 Å². The van der Waals surface area contributed by atoms with Gasteiger partial charge < -0.3 is 14.8 Å². The zero-order valence-corrected chi connectivity index (χ0v) is 15.2. The molecule has 0 aliphatic carbocycles. The van der Waals surface area contributed by atoms with Gasteiger partial charge in [0, 0.05) is 0 Å². The van der Waals surface area contributed by atoms with Crippen molar-refractivity contribution in [1.29, 1.82) is 0 Å². The van der Waals surface area contributed by atoms with E-state index < -0.39 is 0 Å². The molecule has 0 radical (unpaired) electrons. The fourth-order valence-electron chi connectivity index (χ4n) is 2.76. The van der Waals surface area contributed by atoms with E-state index in [-0.39, 0.29) is 12.5 Å². The number of fused-ring (bicyclic) bond motifs is 1. The van der Waals surface area contributed by atoms with Crippen LogP contribution in [0.3, 0.4) is 0 Å². The van der Waals surface area contributed by atoms with E-state index in [1.165, 1.54) is 0 Å². The van der Waals surface area contributed by atoms with Crippen molar-refractivity contribution in [3.8, 4) is 17.3 Å². The lowest BCUT2D eigenvalue weighted by Crippen LogP contribution is -2.20. The van der Waals surface area contributed by atoms with Crippen LogP contribution in [0.5, 0.6) is 11.5 Å². The molecule has 28 heavy (non-hydrogen) atoms. The van der Waals surface area contributed by atoms with Gasteiger partial charge in [0.25, 0.3) is 5.91 Å². The van der Waals surface area contributed by atoms with E-state index in [1.54, 1.807) is 50.0 Å². The fourth-order valence-corrected chi connectivity index (χ4v) is 2.76. The van der Waals surface area contributed by atoms with Crippen molar-refractivity contribution in [2.45, 2.75) is 0 Å². The maximum atomic E-state index is 12.1. The highest BCUT2D eigenvalue weighted by Gasteiger charge is 2.07. The molecule has 0 fully saturated rings.